The molecule has 0 aliphatic heterocycles. The van der Waals surface area contributed by atoms with Crippen molar-refractivity contribution in [2.45, 2.75) is 0 Å². The van der Waals surface area contributed by atoms with Gasteiger partial charge >= 0.3 is 0 Å². The molecule has 1 aromatic heterocycles. The van der Waals surface area contributed by atoms with Crippen LogP contribution in [0.1, 0.15) is 0 Å². The van der Waals surface area contributed by atoms with Gasteiger partial charge in [-0.1, -0.05) is 127 Å². The molecule has 190 valence electrons. The van der Waals surface area contributed by atoms with Crippen LogP contribution in [0.5, 0.6) is 0 Å². The van der Waals surface area contributed by atoms with Gasteiger partial charge in [0.1, 0.15) is 11.3 Å². The minimum Gasteiger partial charge on any atom is -0.456 e. The Morgan fingerprint density at radius 1 is 0.341 bits per heavy atom. The zero-order valence-corrected chi connectivity index (χ0v) is 22.3. The van der Waals surface area contributed by atoms with E-state index in [-0.39, 0.29) is 0 Å². The monoisotopic (exact) mass is 520 g/mol. The fraction of sp³-hybridized carbons (Fsp3) is 0. The minimum absolute atomic E-state index is 0.897. The molecular formula is C40H24O. The van der Waals surface area contributed by atoms with E-state index in [1.165, 1.54) is 65.3 Å². The lowest BCUT2D eigenvalue weighted by Crippen LogP contribution is -1.90. The van der Waals surface area contributed by atoms with Crippen LogP contribution in [0, 0.1) is 0 Å². The van der Waals surface area contributed by atoms with E-state index in [9.17, 15) is 0 Å². The summed E-state index contributed by atoms with van der Waals surface area (Å²) in [7, 11) is 0. The highest BCUT2D eigenvalue weighted by Crippen LogP contribution is 2.44. The van der Waals surface area contributed by atoms with Gasteiger partial charge in [0.05, 0.1) is 0 Å². The second-order valence-electron chi connectivity index (χ2n) is 10.9. The molecule has 0 aliphatic rings. The second-order valence-corrected chi connectivity index (χ2v) is 10.9. The molecule has 1 heterocycles. The van der Waals surface area contributed by atoms with Crippen molar-refractivity contribution in [1.82, 2.24) is 0 Å². The van der Waals surface area contributed by atoms with Gasteiger partial charge < -0.3 is 4.42 Å². The molecule has 0 aliphatic carbocycles. The van der Waals surface area contributed by atoms with Crippen LogP contribution in [0.25, 0.3) is 87.6 Å². The average molecular weight is 521 g/mol. The molecule has 9 rings (SSSR count). The van der Waals surface area contributed by atoms with Gasteiger partial charge in [0.2, 0.25) is 0 Å². The molecule has 0 N–H and O–H groups in total. The van der Waals surface area contributed by atoms with Crippen molar-refractivity contribution in [3.05, 3.63) is 146 Å². The predicted molar refractivity (Wildman–Crippen MR) is 174 cm³/mol. The van der Waals surface area contributed by atoms with E-state index in [2.05, 4.69) is 127 Å². The van der Waals surface area contributed by atoms with Crippen LogP contribution >= 0.6 is 0 Å². The van der Waals surface area contributed by atoms with Crippen molar-refractivity contribution < 1.29 is 4.42 Å². The van der Waals surface area contributed by atoms with Crippen molar-refractivity contribution in [2.75, 3.05) is 0 Å². The van der Waals surface area contributed by atoms with Crippen molar-refractivity contribution in [3.63, 3.8) is 0 Å². The zero-order chi connectivity index (χ0) is 26.9. The predicted octanol–water partition coefficient (Wildman–Crippen LogP) is 11.5. The molecule has 0 atom stereocenters. The molecule has 0 amide bonds. The highest BCUT2D eigenvalue weighted by molar-refractivity contribution is 6.28. The third-order valence-electron chi connectivity index (χ3n) is 8.63. The van der Waals surface area contributed by atoms with E-state index < -0.39 is 0 Å². The van der Waals surface area contributed by atoms with Crippen LogP contribution in [-0.4, -0.2) is 0 Å². The van der Waals surface area contributed by atoms with E-state index in [4.69, 9.17) is 4.42 Å². The van der Waals surface area contributed by atoms with E-state index in [0.717, 1.165) is 22.3 Å². The van der Waals surface area contributed by atoms with E-state index in [1.807, 2.05) is 18.2 Å². The van der Waals surface area contributed by atoms with Gasteiger partial charge in [-0.25, -0.2) is 0 Å². The lowest BCUT2D eigenvalue weighted by Gasteiger charge is -2.17. The van der Waals surface area contributed by atoms with Gasteiger partial charge in [0.25, 0.3) is 0 Å². The summed E-state index contributed by atoms with van der Waals surface area (Å²) in [6.45, 7) is 0. The Morgan fingerprint density at radius 3 is 1.83 bits per heavy atom. The quantitative estimate of drug-likeness (QED) is 0.211. The van der Waals surface area contributed by atoms with Crippen LogP contribution in [0.4, 0.5) is 0 Å². The Morgan fingerprint density at radius 2 is 1.00 bits per heavy atom. The van der Waals surface area contributed by atoms with E-state index >= 15 is 0 Å². The van der Waals surface area contributed by atoms with Crippen LogP contribution in [0.2, 0.25) is 0 Å². The van der Waals surface area contributed by atoms with Crippen molar-refractivity contribution in [3.8, 4) is 33.6 Å². The Balaban J connectivity index is 1.27. The van der Waals surface area contributed by atoms with Gasteiger partial charge in [-0.2, -0.15) is 0 Å². The summed E-state index contributed by atoms with van der Waals surface area (Å²) in [5.41, 5.74) is 7.00. The maximum Gasteiger partial charge on any atom is 0.135 e. The summed E-state index contributed by atoms with van der Waals surface area (Å²) in [5, 5.41) is 11.5. The molecular weight excluding hydrogens is 496 g/mol. The number of hydrogen-bond acceptors (Lipinski definition) is 1. The minimum atomic E-state index is 0.897. The first-order valence-electron chi connectivity index (χ1n) is 14.1. The molecule has 0 saturated heterocycles. The molecule has 8 aromatic carbocycles. The number of furan rings is 1. The molecule has 1 heteroatoms. The molecule has 0 unspecified atom stereocenters. The van der Waals surface area contributed by atoms with E-state index in [0.29, 0.717) is 0 Å². The number of rotatable bonds is 3. The summed E-state index contributed by atoms with van der Waals surface area (Å²) in [4.78, 5) is 0. The molecule has 0 bridgehead atoms. The van der Waals surface area contributed by atoms with Gasteiger partial charge in [0, 0.05) is 10.9 Å². The molecule has 0 radical (unpaired) electrons. The van der Waals surface area contributed by atoms with Crippen molar-refractivity contribution in [2.24, 2.45) is 0 Å². The average Bonchev–Trinajstić information content (AvgIpc) is 3.47. The standard InChI is InChI=1S/C40H24O/c1-2-8-26(9-3-1)38-24-30-23-29(17-22-37(30)41-38)32-18-13-27-16-21-36-34(19-14-28-15-20-35(32)39(27)40(28)36)33-12-6-10-25-7-4-5-11-31(25)33/h1-24H. The van der Waals surface area contributed by atoms with Crippen LogP contribution in [0.3, 0.4) is 0 Å². The Bertz CT molecular complexity index is 2400. The van der Waals surface area contributed by atoms with Gasteiger partial charge in [0.15, 0.2) is 0 Å². The van der Waals surface area contributed by atoms with Gasteiger partial charge in [-0.15, -0.1) is 0 Å². The summed E-state index contributed by atoms with van der Waals surface area (Å²) in [6.07, 6.45) is 0. The zero-order valence-electron chi connectivity index (χ0n) is 22.3. The third-order valence-corrected chi connectivity index (χ3v) is 8.63. The molecule has 9 aromatic rings. The van der Waals surface area contributed by atoms with Crippen LogP contribution < -0.4 is 0 Å². The summed E-state index contributed by atoms with van der Waals surface area (Å²) < 4.78 is 6.21. The fourth-order valence-electron chi connectivity index (χ4n) is 6.70. The maximum atomic E-state index is 6.21. The lowest BCUT2D eigenvalue weighted by molar-refractivity contribution is 0.631. The first kappa shape index (κ1) is 22.4. The highest BCUT2D eigenvalue weighted by atomic mass is 16.3. The number of hydrogen-bond donors (Lipinski definition) is 0. The molecule has 0 spiro atoms. The largest absolute Gasteiger partial charge is 0.456 e. The summed E-state index contributed by atoms with van der Waals surface area (Å²) in [5.74, 6) is 0.897. The van der Waals surface area contributed by atoms with Gasteiger partial charge in [-0.05, 0) is 83.5 Å². The maximum absolute atomic E-state index is 6.21. The van der Waals surface area contributed by atoms with Crippen molar-refractivity contribution in [1.29, 1.82) is 0 Å². The molecule has 0 saturated carbocycles. The Hall–Kier alpha value is -5.40. The Kier molecular flexibility index (Phi) is 4.67. The fourth-order valence-corrected chi connectivity index (χ4v) is 6.70. The topological polar surface area (TPSA) is 13.1 Å². The first-order valence-corrected chi connectivity index (χ1v) is 14.1. The SMILES string of the molecule is c1ccc(-c2cc3cc(-c4ccc5ccc6c(-c7cccc8ccccc78)ccc7ccc4c5c76)ccc3o2)cc1. The number of fused-ring (bicyclic) bond motifs is 2. The van der Waals surface area contributed by atoms with Crippen molar-refractivity contribution >= 4 is 54.1 Å². The van der Waals surface area contributed by atoms with Gasteiger partial charge in [-0.3, -0.25) is 0 Å². The third kappa shape index (κ3) is 3.36. The summed E-state index contributed by atoms with van der Waals surface area (Å²) in [6, 6.07) is 52.6. The lowest BCUT2D eigenvalue weighted by atomic mass is 9.86. The van der Waals surface area contributed by atoms with Crippen LogP contribution in [0.15, 0.2) is 150 Å². The first-order chi connectivity index (χ1) is 20.3. The van der Waals surface area contributed by atoms with Crippen LogP contribution in [-0.2, 0) is 0 Å². The highest BCUT2D eigenvalue weighted by Gasteiger charge is 2.16. The molecule has 1 nitrogen and oxygen atoms in total. The smallest absolute Gasteiger partial charge is 0.135 e. The molecule has 0 fully saturated rings. The Labute approximate surface area is 237 Å². The number of benzene rings is 8. The normalized spacial score (nSPS) is 11.9. The molecule has 41 heavy (non-hydrogen) atoms. The second kappa shape index (κ2) is 8.55. The van der Waals surface area contributed by atoms with E-state index in [1.54, 1.807) is 0 Å². The summed E-state index contributed by atoms with van der Waals surface area (Å²) >= 11 is 0.